The Labute approximate surface area is 182 Å². The molecule has 2 bridgehead atoms. The van der Waals surface area contributed by atoms with Crippen LogP contribution >= 0.6 is 0 Å². The van der Waals surface area contributed by atoms with Crippen LogP contribution in [0.5, 0.6) is 0 Å². The highest BCUT2D eigenvalue weighted by Crippen LogP contribution is 2.60. The first-order valence-electron chi connectivity index (χ1n) is 11.3. The van der Waals surface area contributed by atoms with Crippen LogP contribution in [0.1, 0.15) is 66.7 Å². The average Bonchev–Trinajstić information content (AvgIpc) is 3.04. The molecule has 1 saturated heterocycles. The highest BCUT2D eigenvalue weighted by atomic mass is 16.5. The van der Waals surface area contributed by atoms with E-state index in [0.717, 1.165) is 52.8 Å². The SMILES string of the molecule is CCCCCCOC(=O)CN1C(=O)[C@@H]2C3c4ccccc4C(c4ccccc43)[C@@H]2C1=O. The molecular formula is C26H27NO4. The number of nitrogens with zero attached hydrogens (tertiary/aromatic N) is 1. The molecule has 2 aromatic rings. The first kappa shape index (κ1) is 20.0. The van der Waals surface area contributed by atoms with Gasteiger partial charge in [0.2, 0.25) is 11.8 Å². The Hall–Kier alpha value is -2.95. The first-order chi connectivity index (χ1) is 15.1. The maximum Gasteiger partial charge on any atom is 0.326 e. The van der Waals surface area contributed by atoms with E-state index in [2.05, 4.69) is 31.2 Å². The topological polar surface area (TPSA) is 63.7 Å². The summed E-state index contributed by atoms with van der Waals surface area (Å²) in [6.45, 7) is 2.17. The molecule has 4 aliphatic rings. The van der Waals surface area contributed by atoms with Gasteiger partial charge in [0.05, 0.1) is 18.4 Å². The van der Waals surface area contributed by atoms with Crippen LogP contribution < -0.4 is 0 Å². The van der Waals surface area contributed by atoms with Crippen LogP contribution in [-0.4, -0.2) is 35.8 Å². The largest absolute Gasteiger partial charge is 0.464 e. The molecule has 160 valence electrons. The second-order valence-electron chi connectivity index (χ2n) is 8.81. The highest BCUT2D eigenvalue weighted by Gasteiger charge is 2.61. The Morgan fingerprint density at radius 2 is 1.29 bits per heavy atom. The maximum absolute atomic E-state index is 13.4. The molecule has 0 spiro atoms. The fraction of sp³-hybridized carbons (Fsp3) is 0.423. The van der Waals surface area contributed by atoms with Crippen molar-refractivity contribution in [1.82, 2.24) is 4.90 Å². The Kier molecular flexibility index (Phi) is 5.12. The number of imide groups is 1. The van der Waals surface area contributed by atoms with Gasteiger partial charge in [-0.15, -0.1) is 0 Å². The van der Waals surface area contributed by atoms with Crippen molar-refractivity contribution in [2.24, 2.45) is 11.8 Å². The molecule has 31 heavy (non-hydrogen) atoms. The van der Waals surface area contributed by atoms with Crippen molar-refractivity contribution >= 4 is 17.8 Å². The third kappa shape index (κ3) is 3.10. The van der Waals surface area contributed by atoms with Crippen LogP contribution in [0.4, 0.5) is 0 Å². The molecule has 2 aromatic carbocycles. The molecule has 0 saturated carbocycles. The molecule has 1 aliphatic heterocycles. The van der Waals surface area contributed by atoms with Gasteiger partial charge in [-0.25, -0.2) is 0 Å². The average molecular weight is 418 g/mol. The lowest BCUT2D eigenvalue weighted by molar-refractivity contribution is -0.153. The van der Waals surface area contributed by atoms with Crippen LogP contribution in [0, 0.1) is 11.8 Å². The number of carbonyl (C=O) groups excluding carboxylic acids is 3. The zero-order valence-corrected chi connectivity index (χ0v) is 17.8. The molecular weight excluding hydrogens is 390 g/mol. The minimum Gasteiger partial charge on any atom is -0.464 e. The molecule has 3 aliphatic carbocycles. The van der Waals surface area contributed by atoms with Crippen molar-refractivity contribution < 1.29 is 19.1 Å². The summed E-state index contributed by atoms with van der Waals surface area (Å²) in [5.41, 5.74) is 4.53. The van der Waals surface area contributed by atoms with Gasteiger partial charge in [-0.3, -0.25) is 19.3 Å². The summed E-state index contributed by atoms with van der Waals surface area (Å²) in [6.07, 6.45) is 4.03. The van der Waals surface area contributed by atoms with Gasteiger partial charge in [-0.1, -0.05) is 74.7 Å². The third-order valence-electron chi connectivity index (χ3n) is 7.09. The predicted molar refractivity (Wildman–Crippen MR) is 115 cm³/mol. The number of amides is 2. The summed E-state index contributed by atoms with van der Waals surface area (Å²) >= 11 is 0. The summed E-state index contributed by atoms with van der Waals surface area (Å²) < 4.78 is 5.31. The Bertz CT molecular complexity index is 930. The third-order valence-corrected chi connectivity index (χ3v) is 7.09. The number of likely N-dealkylation sites (tertiary alicyclic amines) is 1. The summed E-state index contributed by atoms with van der Waals surface area (Å²) in [5, 5.41) is 0. The standard InChI is InChI=1S/C26H27NO4/c1-2-3-4-9-14-31-20(28)15-27-25(29)23-21-16-10-5-6-11-17(16)22(24(23)26(27)30)19-13-8-7-12-18(19)21/h5-8,10-13,21-24H,2-4,9,14-15H2,1H3/t21?,22?,23-,24+. The van der Waals surface area contributed by atoms with Gasteiger partial charge in [0.25, 0.3) is 0 Å². The van der Waals surface area contributed by atoms with E-state index in [-0.39, 0.29) is 30.2 Å². The van der Waals surface area contributed by atoms with E-state index in [9.17, 15) is 14.4 Å². The molecule has 5 nitrogen and oxygen atoms in total. The minimum absolute atomic E-state index is 0.145. The molecule has 2 amide bonds. The molecule has 1 fully saturated rings. The summed E-state index contributed by atoms with van der Waals surface area (Å²) in [5.74, 6) is -2.16. The zero-order valence-electron chi connectivity index (χ0n) is 17.8. The van der Waals surface area contributed by atoms with Gasteiger partial charge in [0.15, 0.2) is 0 Å². The number of benzene rings is 2. The monoisotopic (exact) mass is 417 g/mol. The van der Waals surface area contributed by atoms with Gasteiger partial charge >= 0.3 is 5.97 Å². The number of unbranched alkanes of at least 4 members (excludes halogenated alkanes) is 3. The summed E-state index contributed by atoms with van der Waals surface area (Å²) in [7, 11) is 0. The van der Waals surface area contributed by atoms with E-state index in [1.165, 1.54) is 0 Å². The summed E-state index contributed by atoms with van der Waals surface area (Å²) in [4.78, 5) is 40.3. The van der Waals surface area contributed by atoms with Gasteiger partial charge in [-0.2, -0.15) is 0 Å². The Morgan fingerprint density at radius 1 is 0.806 bits per heavy atom. The van der Waals surface area contributed by atoms with Crippen LogP contribution in [-0.2, 0) is 19.1 Å². The lowest BCUT2D eigenvalue weighted by Crippen LogP contribution is -2.41. The van der Waals surface area contributed by atoms with Crippen molar-refractivity contribution in [2.75, 3.05) is 13.2 Å². The maximum atomic E-state index is 13.4. The smallest absolute Gasteiger partial charge is 0.326 e. The Morgan fingerprint density at radius 3 is 1.74 bits per heavy atom. The quantitative estimate of drug-likeness (QED) is 0.388. The number of hydrogen-bond donors (Lipinski definition) is 0. The van der Waals surface area contributed by atoms with Gasteiger partial charge in [0, 0.05) is 11.8 Å². The van der Waals surface area contributed by atoms with E-state index in [0.29, 0.717) is 6.61 Å². The number of rotatable bonds is 7. The number of ether oxygens (including phenoxy) is 1. The van der Waals surface area contributed by atoms with Crippen LogP contribution in [0.2, 0.25) is 0 Å². The van der Waals surface area contributed by atoms with Crippen molar-refractivity contribution in [3.8, 4) is 0 Å². The van der Waals surface area contributed by atoms with Crippen molar-refractivity contribution in [2.45, 2.75) is 44.4 Å². The van der Waals surface area contributed by atoms with Crippen molar-refractivity contribution in [3.63, 3.8) is 0 Å². The molecule has 0 N–H and O–H groups in total. The van der Waals surface area contributed by atoms with E-state index < -0.39 is 17.8 Å². The van der Waals surface area contributed by atoms with Crippen LogP contribution in [0.15, 0.2) is 48.5 Å². The molecule has 2 atom stereocenters. The van der Waals surface area contributed by atoms with Crippen LogP contribution in [0.25, 0.3) is 0 Å². The van der Waals surface area contributed by atoms with E-state index in [4.69, 9.17) is 4.74 Å². The predicted octanol–water partition coefficient (Wildman–Crippen LogP) is 4.00. The molecule has 5 heteroatoms. The second kappa shape index (κ2) is 7.95. The lowest BCUT2D eigenvalue weighted by Gasteiger charge is -2.45. The van der Waals surface area contributed by atoms with E-state index >= 15 is 0 Å². The van der Waals surface area contributed by atoms with Gasteiger partial charge in [0.1, 0.15) is 6.54 Å². The minimum atomic E-state index is -0.501. The number of esters is 1. The summed E-state index contributed by atoms with van der Waals surface area (Å²) in [6, 6.07) is 16.3. The molecule has 0 radical (unpaired) electrons. The van der Waals surface area contributed by atoms with Crippen molar-refractivity contribution in [3.05, 3.63) is 70.8 Å². The van der Waals surface area contributed by atoms with Crippen molar-refractivity contribution in [1.29, 1.82) is 0 Å². The lowest BCUT2D eigenvalue weighted by atomic mass is 9.55. The number of hydrogen-bond acceptors (Lipinski definition) is 4. The second-order valence-corrected chi connectivity index (χ2v) is 8.81. The number of carbonyl (C=O) groups is 3. The normalized spacial score (nSPS) is 25.3. The van der Waals surface area contributed by atoms with E-state index in [1.807, 2.05) is 24.3 Å². The fourth-order valence-electron chi connectivity index (χ4n) is 5.78. The molecule has 0 aromatic heterocycles. The zero-order chi connectivity index (χ0) is 21.5. The van der Waals surface area contributed by atoms with Gasteiger partial charge in [-0.05, 0) is 28.7 Å². The van der Waals surface area contributed by atoms with Gasteiger partial charge < -0.3 is 4.74 Å². The first-order valence-corrected chi connectivity index (χ1v) is 11.3. The molecule has 0 unspecified atom stereocenters. The Balaban J connectivity index is 1.40. The molecule has 6 rings (SSSR count). The van der Waals surface area contributed by atoms with E-state index in [1.54, 1.807) is 0 Å². The highest BCUT2D eigenvalue weighted by molar-refractivity contribution is 6.09. The molecule has 1 heterocycles. The fourth-order valence-corrected chi connectivity index (χ4v) is 5.78. The van der Waals surface area contributed by atoms with Crippen LogP contribution in [0.3, 0.4) is 0 Å².